The van der Waals surface area contributed by atoms with Gasteiger partial charge in [0.25, 0.3) is 0 Å². The smallest absolute Gasteiger partial charge is 0.216 e. The average molecular weight is 414 g/mol. The van der Waals surface area contributed by atoms with E-state index in [4.69, 9.17) is 16.8 Å². The van der Waals surface area contributed by atoms with Crippen LogP contribution in [0.15, 0.2) is 71.3 Å². The minimum absolute atomic E-state index is 0.131. The maximum Gasteiger partial charge on any atom is 0.216 e. The fraction of sp³-hybridized carbons (Fsp3) is 0.207. The van der Waals surface area contributed by atoms with Crippen LogP contribution in [0.1, 0.15) is 48.3 Å². The van der Waals surface area contributed by atoms with Crippen LogP contribution in [-0.2, 0) is 12.5 Å². The first-order chi connectivity index (χ1) is 18.6. The SMILES string of the molecule is [2H]C([2H])([2H])c1cc[n+](C)c(-c2c(C)ccc3c2oc2c4c(ccc23)-c2ccccc2C4(C([2H])([2H])[2H])C([2H])([2H])[2H])c1. The third kappa shape index (κ3) is 2.36. The number of pyridine rings is 1. The summed E-state index contributed by atoms with van der Waals surface area (Å²) in [6.07, 6.45) is 1.68. The second-order valence-electron chi connectivity index (χ2n) is 8.31. The van der Waals surface area contributed by atoms with E-state index in [1.165, 1.54) is 0 Å². The van der Waals surface area contributed by atoms with Crippen molar-refractivity contribution >= 4 is 21.9 Å². The van der Waals surface area contributed by atoms with Crippen LogP contribution in [0.2, 0.25) is 0 Å². The third-order valence-corrected chi connectivity index (χ3v) is 6.42. The van der Waals surface area contributed by atoms with Crippen LogP contribution in [-0.4, -0.2) is 0 Å². The highest BCUT2D eigenvalue weighted by Gasteiger charge is 2.38. The summed E-state index contributed by atoms with van der Waals surface area (Å²) in [6, 6.07) is 17.3. The van der Waals surface area contributed by atoms with Gasteiger partial charge in [-0.15, -0.1) is 0 Å². The summed E-state index contributed by atoms with van der Waals surface area (Å²) < 4.78 is 83.7. The highest BCUT2D eigenvalue weighted by molar-refractivity contribution is 6.12. The molecular weight excluding hydrogens is 378 g/mol. The zero-order valence-corrected chi connectivity index (χ0v) is 17.2. The molecule has 31 heavy (non-hydrogen) atoms. The van der Waals surface area contributed by atoms with E-state index >= 15 is 0 Å². The van der Waals surface area contributed by atoms with E-state index in [2.05, 4.69) is 0 Å². The largest absolute Gasteiger partial charge is 0.455 e. The van der Waals surface area contributed by atoms with Crippen LogP contribution >= 0.6 is 0 Å². The standard InChI is InChI=1S/C29H26NO/c1-17-14-15-30(5)24(16-17)25-18(2)10-11-21-22-13-12-20-19-8-6-7-9-23(19)29(3,4)26(20)28(22)31-27(21)25/h6-16H,1-5H3/q+1/i1D3,3D3,4D3. The number of hydrogen-bond acceptors (Lipinski definition) is 1. The molecular formula is C29H26NO+. The molecule has 0 saturated carbocycles. The molecule has 6 rings (SSSR count). The van der Waals surface area contributed by atoms with Crippen molar-refractivity contribution in [2.24, 2.45) is 7.05 Å². The number of fused-ring (bicyclic) bond motifs is 7. The Morgan fingerprint density at radius 1 is 0.903 bits per heavy atom. The predicted octanol–water partition coefficient (Wildman–Crippen LogP) is 7.00. The number of hydrogen-bond donors (Lipinski definition) is 0. The van der Waals surface area contributed by atoms with Gasteiger partial charge in [0.2, 0.25) is 5.69 Å². The molecule has 0 aliphatic heterocycles. The normalized spacial score (nSPS) is 19.7. The summed E-state index contributed by atoms with van der Waals surface area (Å²) in [4.78, 5) is 0. The molecule has 1 aliphatic carbocycles. The van der Waals surface area contributed by atoms with Gasteiger partial charge in [0, 0.05) is 46.2 Å². The number of aryl methyl sites for hydroxylation is 3. The topological polar surface area (TPSA) is 17.0 Å². The molecule has 152 valence electrons. The van der Waals surface area contributed by atoms with Gasteiger partial charge < -0.3 is 4.42 Å². The Hall–Kier alpha value is -3.39. The number of nitrogens with zero attached hydrogens (tertiary/aromatic N) is 1. The summed E-state index contributed by atoms with van der Waals surface area (Å²) in [5.74, 6) is 0. The summed E-state index contributed by atoms with van der Waals surface area (Å²) in [7, 11) is 1.81. The Morgan fingerprint density at radius 3 is 2.55 bits per heavy atom. The quantitative estimate of drug-likeness (QED) is 0.270. The lowest BCUT2D eigenvalue weighted by molar-refractivity contribution is -0.660. The van der Waals surface area contributed by atoms with E-state index in [-0.39, 0.29) is 22.3 Å². The van der Waals surface area contributed by atoms with Gasteiger partial charge in [-0.25, -0.2) is 4.57 Å². The highest BCUT2D eigenvalue weighted by atomic mass is 16.3. The molecule has 0 amide bonds. The van der Waals surface area contributed by atoms with Crippen molar-refractivity contribution in [2.75, 3.05) is 0 Å². The Bertz CT molecular complexity index is 1830. The van der Waals surface area contributed by atoms with Gasteiger partial charge in [0.05, 0.1) is 5.56 Å². The van der Waals surface area contributed by atoms with Crippen molar-refractivity contribution in [2.45, 2.75) is 32.9 Å². The number of rotatable bonds is 1. The summed E-state index contributed by atoms with van der Waals surface area (Å²) in [6.45, 7) is -6.28. The van der Waals surface area contributed by atoms with Crippen molar-refractivity contribution in [1.29, 1.82) is 0 Å². The third-order valence-electron chi connectivity index (χ3n) is 6.42. The maximum atomic E-state index is 8.60. The molecule has 0 N–H and O–H groups in total. The number of aromatic nitrogens is 1. The molecule has 0 bridgehead atoms. The van der Waals surface area contributed by atoms with Crippen molar-refractivity contribution in [3.63, 3.8) is 0 Å². The lowest BCUT2D eigenvalue weighted by atomic mass is 9.82. The van der Waals surface area contributed by atoms with Crippen molar-refractivity contribution < 1.29 is 21.3 Å². The molecule has 0 saturated heterocycles. The molecule has 0 atom stereocenters. The second-order valence-corrected chi connectivity index (χ2v) is 8.31. The van der Waals surface area contributed by atoms with Crippen LogP contribution < -0.4 is 4.57 Å². The summed E-state index contributed by atoms with van der Waals surface area (Å²) >= 11 is 0. The van der Waals surface area contributed by atoms with Crippen LogP contribution in [0.5, 0.6) is 0 Å². The van der Waals surface area contributed by atoms with Gasteiger partial charge in [-0.05, 0) is 47.7 Å². The van der Waals surface area contributed by atoms with E-state index in [1.807, 2.05) is 32.2 Å². The molecule has 2 heteroatoms. The van der Waals surface area contributed by atoms with E-state index in [0.717, 1.165) is 5.56 Å². The highest BCUT2D eigenvalue weighted by Crippen LogP contribution is 2.52. The van der Waals surface area contributed by atoms with Gasteiger partial charge in [0.15, 0.2) is 6.20 Å². The zero-order valence-electron chi connectivity index (χ0n) is 26.2. The minimum atomic E-state index is -2.92. The van der Waals surface area contributed by atoms with E-state index in [0.29, 0.717) is 38.7 Å². The molecule has 0 fully saturated rings. The van der Waals surface area contributed by atoms with Crippen molar-refractivity contribution in [3.05, 3.63) is 89.1 Å². The van der Waals surface area contributed by atoms with E-state index < -0.39 is 26.0 Å². The monoisotopic (exact) mass is 413 g/mol. The second kappa shape index (κ2) is 6.07. The minimum Gasteiger partial charge on any atom is -0.455 e. The first-order valence-corrected chi connectivity index (χ1v) is 10.2. The first kappa shape index (κ1) is 11.3. The lowest BCUT2D eigenvalue weighted by Crippen LogP contribution is -2.30. The van der Waals surface area contributed by atoms with E-state index in [9.17, 15) is 0 Å². The zero-order chi connectivity index (χ0) is 29.0. The molecule has 3 aromatic carbocycles. The fourth-order valence-corrected chi connectivity index (χ4v) is 4.91. The Balaban J connectivity index is 1.78. The number of furan rings is 1. The molecule has 5 aromatic rings. The van der Waals surface area contributed by atoms with Gasteiger partial charge >= 0.3 is 0 Å². The van der Waals surface area contributed by atoms with Crippen molar-refractivity contribution in [1.82, 2.24) is 0 Å². The average Bonchev–Trinajstić information content (AvgIpc) is 3.37. The van der Waals surface area contributed by atoms with Gasteiger partial charge in [0.1, 0.15) is 18.2 Å². The van der Waals surface area contributed by atoms with Gasteiger partial charge in [-0.3, -0.25) is 0 Å². The Labute approximate surface area is 195 Å². The van der Waals surface area contributed by atoms with Crippen LogP contribution in [0.3, 0.4) is 0 Å². The van der Waals surface area contributed by atoms with Crippen LogP contribution in [0, 0.1) is 13.8 Å². The maximum absolute atomic E-state index is 8.60. The number of benzene rings is 3. The van der Waals surface area contributed by atoms with Crippen molar-refractivity contribution in [3.8, 4) is 22.4 Å². The van der Waals surface area contributed by atoms with Gasteiger partial charge in [-0.2, -0.15) is 0 Å². The Kier molecular flexibility index (Phi) is 2.21. The molecule has 2 nitrogen and oxygen atoms in total. The molecule has 0 spiro atoms. The predicted molar refractivity (Wildman–Crippen MR) is 127 cm³/mol. The molecule has 0 radical (unpaired) electrons. The van der Waals surface area contributed by atoms with Crippen LogP contribution in [0.4, 0.5) is 0 Å². The molecule has 1 aliphatic rings. The van der Waals surface area contributed by atoms with E-state index in [1.54, 1.807) is 53.2 Å². The Morgan fingerprint density at radius 2 is 1.71 bits per heavy atom. The summed E-state index contributed by atoms with van der Waals surface area (Å²) in [5, 5.41) is 1.27. The molecule has 0 unspecified atom stereocenters. The lowest BCUT2D eigenvalue weighted by Gasteiger charge is -2.21. The fourth-order valence-electron chi connectivity index (χ4n) is 4.91. The van der Waals surface area contributed by atoms with Crippen LogP contribution in [0.25, 0.3) is 44.3 Å². The molecule has 2 aromatic heterocycles. The molecule has 2 heterocycles. The first-order valence-electron chi connectivity index (χ1n) is 14.7. The van der Waals surface area contributed by atoms with Gasteiger partial charge in [-0.1, -0.05) is 56.2 Å². The summed E-state index contributed by atoms with van der Waals surface area (Å²) in [5.41, 5.74) is 2.02.